The first kappa shape index (κ1) is 13.6. The predicted molar refractivity (Wildman–Crippen MR) is 76.6 cm³/mol. The molecular weight excluding hydrogens is 270 g/mol. The van der Waals surface area contributed by atoms with Crippen LogP contribution in [-0.2, 0) is 16.1 Å². The van der Waals surface area contributed by atoms with E-state index in [0.717, 1.165) is 11.0 Å². The third kappa shape index (κ3) is 2.49. The van der Waals surface area contributed by atoms with Gasteiger partial charge in [0.15, 0.2) is 0 Å². The number of likely N-dealkylation sites (tertiary alicyclic amines) is 1. The summed E-state index contributed by atoms with van der Waals surface area (Å²) in [5.74, 6) is -1.36. The van der Waals surface area contributed by atoms with Crippen LogP contribution in [0.1, 0.15) is 6.92 Å². The van der Waals surface area contributed by atoms with E-state index in [-0.39, 0.29) is 18.4 Å². The highest BCUT2D eigenvalue weighted by molar-refractivity contribution is 5.81. The van der Waals surface area contributed by atoms with Gasteiger partial charge in [0.1, 0.15) is 6.54 Å². The Labute approximate surface area is 122 Å². The van der Waals surface area contributed by atoms with E-state index >= 15 is 0 Å². The third-order valence-corrected chi connectivity index (χ3v) is 4.12. The Kier molecular flexibility index (Phi) is 3.37. The van der Waals surface area contributed by atoms with Gasteiger partial charge in [-0.05, 0) is 18.1 Å². The lowest BCUT2D eigenvalue weighted by atomic mass is 9.99. The molecule has 110 valence electrons. The fourth-order valence-corrected chi connectivity index (χ4v) is 2.87. The number of para-hydroxylation sites is 2. The lowest BCUT2D eigenvalue weighted by Crippen LogP contribution is -2.32. The van der Waals surface area contributed by atoms with Crippen molar-refractivity contribution < 1.29 is 14.7 Å². The van der Waals surface area contributed by atoms with E-state index in [1.165, 1.54) is 0 Å². The molecule has 1 N–H and O–H groups in total. The molecule has 1 aromatic carbocycles. The standard InChI is InChI=1S/C15H17N3O3/c1-10-6-17(7-11(10)15(20)21)14(19)8-18-9-16-12-4-2-3-5-13(12)18/h2-5,9-11H,6-8H2,1H3,(H,20,21)/t10-,11-/m1/s1. The Bertz CT molecular complexity index is 694. The topological polar surface area (TPSA) is 75.4 Å². The molecule has 1 aromatic heterocycles. The Hall–Kier alpha value is -2.37. The molecule has 0 saturated carbocycles. The van der Waals surface area contributed by atoms with E-state index in [0.29, 0.717) is 13.1 Å². The van der Waals surface area contributed by atoms with Crippen molar-refractivity contribution in [3.8, 4) is 0 Å². The van der Waals surface area contributed by atoms with E-state index in [2.05, 4.69) is 4.98 Å². The maximum absolute atomic E-state index is 12.4. The number of hydrogen-bond donors (Lipinski definition) is 1. The number of carboxylic acids is 1. The quantitative estimate of drug-likeness (QED) is 0.921. The average Bonchev–Trinajstić information content (AvgIpc) is 3.03. The summed E-state index contributed by atoms with van der Waals surface area (Å²) in [5.41, 5.74) is 1.76. The van der Waals surface area contributed by atoms with E-state index in [1.807, 2.05) is 31.2 Å². The van der Waals surface area contributed by atoms with Gasteiger partial charge in [-0.2, -0.15) is 0 Å². The molecule has 21 heavy (non-hydrogen) atoms. The molecule has 0 spiro atoms. The van der Waals surface area contributed by atoms with Crippen molar-refractivity contribution in [2.45, 2.75) is 13.5 Å². The Morgan fingerprint density at radius 1 is 1.33 bits per heavy atom. The van der Waals surface area contributed by atoms with E-state index in [9.17, 15) is 9.59 Å². The van der Waals surface area contributed by atoms with Gasteiger partial charge in [-0.3, -0.25) is 9.59 Å². The summed E-state index contributed by atoms with van der Waals surface area (Å²) in [6, 6.07) is 7.63. The first-order chi connectivity index (χ1) is 10.1. The van der Waals surface area contributed by atoms with Crippen LogP contribution in [0.4, 0.5) is 0 Å². The highest BCUT2D eigenvalue weighted by Crippen LogP contribution is 2.23. The summed E-state index contributed by atoms with van der Waals surface area (Å²) in [6.07, 6.45) is 1.65. The van der Waals surface area contributed by atoms with Crippen molar-refractivity contribution >= 4 is 22.9 Å². The minimum Gasteiger partial charge on any atom is -0.481 e. The molecule has 2 atom stereocenters. The van der Waals surface area contributed by atoms with Crippen molar-refractivity contribution in [3.63, 3.8) is 0 Å². The molecule has 0 bridgehead atoms. The second kappa shape index (κ2) is 5.20. The fraction of sp³-hybridized carbons (Fsp3) is 0.400. The molecule has 2 heterocycles. The molecule has 2 aromatic rings. The molecule has 1 saturated heterocycles. The van der Waals surface area contributed by atoms with Gasteiger partial charge in [-0.25, -0.2) is 4.98 Å². The lowest BCUT2D eigenvalue weighted by Gasteiger charge is -2.16. The average molecular weight is 287 g/mol. The molecule has 0 radical (unpaired) electrons. The number of aliphatic carboxylic acids is 1. The van der Waals surface area contributed by atoms with Gasteiger partial charge in [-0.15, -0.1) is 0 Å². The zero-order chi connectivity index (χ0) is 15.0. The van der Waals surface area contributed by atoms with E-state index in [1.54, 1.807) is 15.8 Å². The van der Waals surface area contributed by atoms with Gasteiger partial charge in [0.05, 0.1) is 23.3 Å². The molecule has 6 heteroatoms. The number of carbonyl (C=O) groups is 2. The highest BCUT2D eigenvalue weighted by atomic mass is 16.4. The molecule has 1 aliphatic heterocycles. The Balaban J connectivity index is 1.74. The van der Waals surface area contributed by atoms with Crippen LogP contribution in [0.2, 0.25) is 0 Å². The summed E-state index contributed by atoms with van der Waals surface area (Å²) in [6.45, 7) is 2.86. The molecule has 0 aliphatic carbocycles. The summed E-state index contributed by atoms with van der Waals surface area (Å²) in [7, 11) is 0. The van der Waals surface area contributed by atoms with Crippen LogP contribution >= 0.6 is 0 Å². The summed E-state index contributed by atoms with van der Waals surface area (Å²) in [4.78, 5) is 29.4. The smallest absolute Gasteiger partial charge is 0.308 e. The van der Waals surface area contributed by atoms with Crippen molar-refractivity contribution in [1.82, 2.24) is 14.5 Å². The van der Waals surface area contributed by atoms with Gasteiger partial charge >= 0.3 is 5.97 Å². The zero-order valence-electron chi connectivity index (χ0n) is 11.8. The molecule has 1 fully saturated rings. The van der Waals surface area contributed by atoms with Crippen LogP contribution < -0.4 is 0 Å². The van der Waals surface area contributed by atoms with Gasteiger partial charge in [0.2, 0.25) is 5.91 Å². The minimum atomic E-state index is -0.828. The number of carboxylic acid groups (broad SMARTS) is 1. The Morgan fingerprint density at radius 3 is 2.81 bits per heavy atom. The normalized spacial score (nSPS) is 21.9. The number of benzene rings is 1. The number of amides is 1. The van der Waals surface area contributed by atoms with Gasteiger partial charge in [-0.1, -0.05) is 19.1 Å². The molecular formula is C15H17N3O3. The molecule has 6 nitrogen and oxygen atoms in total. The first-order valence-corrected chi connectivity index (χ1v) is 6.96. The summed E-state index contributed by atoms with van der Waals surface area (Å²) in [5, 5.41) is 9.13. The number of hydrogen-bond acceptors (Lipinski definition) is 3. The number of fused-ring (bicyclic) bond motifs is 1. The molecule has 3 rings (SSSR count). The van der Waals surface area contributed by atoms with Crippen LogP contribution in [-0.4, -0.2) is 44.5 Å². The zero-order valence-corrected chi connectivity index (χ0v) is 11.8. The lowest BCUT2D eigenvalue weighted by molar-refractivity contribution is -0.142. The summed E-state index contributed by atoms with van der Waals surface area (Å²) >= 11 is 0. The Morgan fingerprint density at radius 2 is 2.10 bits per heavy atom. The van der Waals surface area contributed by atoms with Crippen LogP contribution in [0.25, 0.3) is 11.0 Å². The maximum Gasteiger partial charge on any atom is 0.308 e. The number of rotatable bonds is 3. The van der Waals surface area contributed by atoms with Gasteiger partial charge < -0.3 is 14.6 Å². The second-order valence-electron chi connectivity index (χ2n) is 5.58. The van der Waals surface area contributed by atoms with Crippen molar-refractivity contribution in [1.29, 1.82) is 0 Å². The number of aromatic nitrogens is 2. The predicted octanol–water partition coefficient (Wildman–Crippen LogP) is 1.22. The number of nitrogens with zero attached hydrogens (tertiary/aromatic N) is 3. The van der Waals surface area contributed by atoms with E-state index < -0.39 is 11.9 Å². The maximum atomic E-state index is 12.4. The number of carbonyl (C=O) groups excluding carboxylic acids is 1. The van der Waals surface area contributed by atoms with E-state index in [4.69, 9.17) is 5.11 Å². The van der Waals surface area contributed by atoms with Gasteiger partial charge in [0.25, 0.3) is 0 Å². The highest BCUT2D eigenvalue weighted by Gasteiger charge is 2.36. The molecule has 0 unspecified atom stereocenters. The van der Waals surface area contributed by atoms with Crippen molar-refractivity contribution in [2.75, 3.05) is 13.1 Å². The molecule has 1 aliphatic rings. The van der Waals surface area contributed by atoms with Crippen LogP contribution in [0.15, 0.2) is 30.6 Å². The molecule has 1 amide bonds. The van der Waals surface area contributed by atoms with Crippen LogP contribution in [0, 0.1) is 11.8 Å². The van der Waals surface area contributed by atoms with Crippen molar-refractivity contribution in [3.05, 3.63) is 30.6 Å². The minimum absolute atomic E-state index is 0.00835. The summed E-state index contributed by atoms with van der Waals surface area (Å²) < 4.78 is 1.80. The van der Waals surface area contributed by atoms with Gasteiger partial charge in [0, 0.05) is 13.1 Å². The number of imidazole rings is 1. The first-order valence-electron chi connectivity index (χ1n) is 6.96. The van der Waals surface area contributed by atoms with Crippen LogP contribution in [0.5, 0.6) is 0 Å². The third-order valence-electron chi connectivity index (χ3n) is 4.12. The van der Waals surface area contributed by atoms with Crippen molar-refractivity contribution in [2.24, 2.45) is 11.8 Å². The SMILES string of the molecule is C[C@@H]1CN(C(=O)Cn2cnc3ccccc32)C[C@H]1C(=O)O. The largest absolute Gasteiger partial charge is 0.481 e. The van der Waals surface area contributed by atoms with Crippen LogP contribution in [0.3, 0.4) is 0 Å². The monoisotopic (exact) mass is 287 g/mol. The second-order valence-corrected chi connectivity index (χ2v) is 5.58. The fourth-order valence-electron chi connectivity index (χ4n) is 2.87.